The highest BCUT2D eigenvalue weighted by molar-refractivity contribution is 8.00. The normalized spacial score (nSPS) is 19.0. The number of thioether (sulfide) groups is 1. The lowest BCUT2D eigenvalue weighted by Gasteiger charge is -2.14. The van der Waals surface area contributed by atoms with E-state index >= 15 is 0 Å². The second-order valence-corrected chi connectivity index (χ2v) is 9.21. The summed E-state index contributed by atoms with van der Waals surface area (Å²) in [7, 11) is 1.48. The van der Waals surface area contributed by atoms with E-state index < -0.39 is 5.25 Å². The molecule has 0 aromatic heterocycles. The van der Waals surface area contributed by atoms with Gasteiger partial charge >= 0.3 is 5.97 Å². The van der Waals surface area contributed by atoms with E-state index in [0.717, 1.165) is 27.2 Å². The number of ether oxygens (including phenoxy) is 1. The summed E-state index contributed by atoms with van der Waals surface area (Å²) in [5.41, 5.74) is 4.96. The summed E-state index contributed by atoms with van der Waals surface area (Å²) < 4.78 is 5.30. The number of fused-ring (bicyclic) bond motifs is 3. The molecule has 4 rings (SSSR count). The topological polar surface area (TPSA) is 92.8 Å². The van der Waals surface area contributed by atoms with Crippen molar-refractivity contribution in [3.05, 3.63) is 53.6 Å². The molecule has 0 spiro atoms. The summed E-state index contributed by atoms with van der Waals surface area (Å²) in [5, 5.41) is 2.51. The number of benzene rings is 2. The maximum absolute atomic E-state index is 12.5. The second kappa shape index (κ2) is 9.16. The Balaban J connectivity index is 1.40. The van der Waals surface area contributed by atoms with E-state index in [-0.39, 0.29) is 49.1 Å². The highest BCUT2D eigenvalue weighted by Gasteiger charge is 2.36. The van der Waals surface area contributed by atoms with Crippen LogP contribution in [0.25, 0.3) is 11.1 Å². The average Bonchev–Trinajstić information content (AvgIpc) is 3.20. The van der Waals surface area contributed by atoms with Crippen LogP contribution in [0.2, 0.25) is 0 Å². The molecule has 7 nitrogen and oxygen atoms in total. The third-order valence-electron chi connectivity index (χ3n) is 5.78. The second-order valence-electron chi connectivity index (χ2n) is 7.90. The van der Waals surface area contributed by atoms with Crippen molar-refractivity contribution in [3.8, 4) is 11.1 Å². The number of amides is 3. The Labute approximate surface area is 190 Å². The smallest absolute Gasteiger partial charge is 0.302 e. The summed E-state index contributed by atoms with van der Waals surface area (Å²) in [5.74, 6) is -0.493. The van der Waals surface area contributed by atoms with Crippen molar-refractivity contribution in [1.82, 2.24) is 4.90 Å². The Morgan fingerprint density at radius 1 is 1.12 bits per heavy atom. The van der Waals surface area contributed by atoms with Crippen LogP contribution in [-0.2, 0) is 23.9 Å². The lowest BCUT2D eigenvalue weighted by molar-refractivity contribution is -0.141. The van der Waals surface area contributed by atoms with E-state index in [9.17, 15) is 19.2 Å². The Kier molecular flexibility index (Phi) is 6.32. The van der Waals surface area contributed by atoms with Gasteiger partial charge in [-0.05, 0) is 34.4 Å². The van der Waals surface area contributed by atoms with Crippen LogP contribution < -0.4 is 5.32 Å². The van der Waals surface area contributed by atoms with Gasteiger partial charge < -0.3 is 10.1 Å². The molecule has 2 aliphatic rings. The molecule has 1 saturated heterocycles. The number of esters is 1. The molecule has 2 aromatic carbocycles. The molecule has 0 saturated carbocycles. The van der Waals surface area contributed by atoms with Crippen LogP contribution in [0.15, 0.2) is 42.5 Å². The zero-order valence-corrected chi connectivity index (χ0v) is 18.7. The van der Waals surface area contributed by atoms with Crippen molar-refractivity contribution in [3.63, 3.8) is 0 Å². The zero-order valence-electron chi connectivity index (χ0n) is 17.9. The molecule has 1 aliphatic carbocycles. The van der Waals surface area contributed by atoms with Gasteiger partial charge in [-0.15, -0.1) is 11.8 Å². The van der Waals surface area contributed by atoms with Gasteiger partial charge in [-0.1, -0.05) is 30.3 Å². The predicted octanol–water partition coefficient (Wildman–Crippen LogP) is 3.18. The van der Waals surface area contributed by atoms with Crippen LogP contribution in [0, 0.1) is 0 Å². The quantitative estimate of drug-likeness (QED) is 0.512. The third-order valence-corrected chi connectivity index (χ3v) is 6.99. The number of nitrogens with one attached hydrogen (secondary N) is 1. The molecule has 0 bridgehead atoms. The molecule has 166 valence electrons. The number of hydrogen-bond acceptors (Lipinski definition) is 6. The first-order valence-electron chi connectivity index (χ1n) is 10.4. The Hall–Kier alpha value is -3.13. The number of nitrogens with zero attached hydrogens (tertiary/aromatic N) is 1. The lowest BCUT2D eigenvalue weighted by Crippen LogP contribution is -2.26. The molecule has 2 aromatic rings. The SMILES string of the molecule is CC(=O)OCC1c2ccccc2-c2ccc(NC(=O)CCSC3CC(=O)N(C)C3=O)cc21. The van der Waals surface area contributed by atoms with Crippen LogP contribution in [0.4, 0.5) is 5.69 Å². The number of carbonyl (C=O) groups is 4. The van der Waals surface area contributed by atoms with E-state index in [2.05, 4.69) is 5.32 Å². The monoisotopic (exact) mass is 452 g/mol. The third kappa shape index (κ3) is 4.41. The Morgan fingerprint density at radius 2 is 1.88 bits per heavy atom. The Morgan fingerprint density at radius 3 is 2.59 bits per heavy atom. The van der Waals surface area contributed by atoms with Crippen molar-refractivity contribution in [2.75, 3.05) is 24.7 Å². The highest BCUT2D eigenvalue weighted by atomic mass is 32.2. The maximum atomic E-state index is 12.5. The van der Waals surface area contributed by atoms with Crippen LogP contribution in [-0.4, -0.2) is 53.2 Å². The fraction of sp³-hybridized carbons (Fsp3) is 0.333. The van der Waals surface area contributed by atoms with Gasteiger partial charge in [0, 0.05) is 44.2 Å². The van der Waals surface area contributed by atoms with Crippen LogP contribution in [0.1, 0.15) is 36.8 Å². The van der Waals surface area contributed by atoms with Crippen LogP contribution >= 0.6 is 11.8 Å². The molecule has 1 N–H and O–H groups in total. The first-order valence-corrected chi connectivity index (χ1v) is 11.5. The minimum Gasteiger partial charge on any atom is -0.465 e. The highest BCUT2D eigenvalue weighted by Crippen LogP contribution is 2.45. The van der Waals surface area contributed by atoms with Crippen molar-refractivity contribution >= 4 is 41.1 Å². The first kappa shape index (κ1) is 22.1. The number of anilines is 1. The molecule has 0 radical (unpaired) electrons. The number of carbonyl (C=O) groups excluding carboxylic acids is 4. The van der Waals surface area contributed by atoms with Gasteiger partial charge in [-0.2, -0.15) is 0 Å². The fourth-order valence-corrected chi connectivity index (χ4v) is 5.29. The van der Waals surface area contributed by atoms with Crippen molar-refractivity contribution in [1.29, 1.82) is 0 Å². The largest absolute Gasteiger partial charge is 0.465 e. The van der Waals surface area contributed by atoms with Crippen molar-refractivity contribution in [2.45, 2.75) is 30.9 Å². The maximum Gasteiger partial charge on any atom is 0.302 e. The molecule has 8 heteroatoms. The minimum absolute atomic E-state index is 0.0830. The van der Waals surface area contributed by atoms with Crippen LogP contribution in [0.3, 0.4) is 0 Å². The summed E-state index contributed by atoms with van der Waals surface area (Å²) in [6.45, 7) is 1.64. The van der Waals surface area contributed by atoms with Gasteiger partial charge in [0.1, 0.15) is 6.61 Å². The number of rotatable bonds is 7. The van der Waals surface area contributed by atoms with Gasteiger partial charge in [0.05, 0.1) is 5.25 Å². The van der Waals surface area contributed by atoms with Crippen molar-refractivity contribution < 1.29 is 23.9 Å². The van der Waals surface area contributed by atoms with E-state index in [1.165, 1.54) is 25.7 Å². The summed E-state index contributed by atoms with van der Waals surface area (Å²) in [6, 6.07) is 13.8. The van der Waals surface area contributed by atoms with Gasteiger partial charge in [0.25, 0.3) is 0 Å². The van der Waals surface area contributed by atoms with Gasteiger partial charge in [0.15, 0.2) is 0 Å². The fourth-order valence-electron chi connectivity index (χ4n) is 4.14. The zero-order chi connectivity index (χ0) is 22.8. The molecule has 32 heavy (non-hydrogen) atoms. The van der Waals surface area contributed by atoms with E-state index in [1.807, 2.05) is 42.5 Å². The van der Waals surface area contributed by atoms with E-state index in [4.69, 9.17) is 4.74 Å². The predicted molar refractivity (Wildman–Crippen MR) is 122 cm³/mol. The number of hydrogen-bond donors (Lipinski definition) is 1. The van der Waals surface area contributed by atoms with Crippen LogP contribution in [0.5, 0.6) is 0 Å². The van der Waals surface area contributed by atoms with E-state index in [0.29, 0.717) is 11.4 Å². The van der Waals surface area contributed by atoms with Gasteiger partial charge in [-0.25, -0.2) is 0 Å². The molecule has 3 amide bonds. The summed E-state index contributed by atoms with van der Waals surface area (Å²) >= 11 is 1.34. The number of imide groups is 1. The first-order chi connectivity index (χ1) is 15.3. The standard InChI is InChI=1S/C24H24N2O5S/c1-14(27)31-13-20-17-6-4-3-5-16(17)18-8-7-15(11-19(18)20)25-22(28)9-10-32-21-12-23(29)26(2)24(21)30/h3-8,11,20-21H,9-10,12-13H2,1-2H3,(H,25,28). The lowest BCUT2D eigenvalue weighted by atomic mass is 9.97. The molecular weight excluding hydrogens is 428 g/mol. The molecule has 1 heterocycles. The molecule has 1 aliphatic heterocycles. The molecule has 1 fully saturated rings. The molecule has 2 atom stereocenters. The van der Waals surface area contributed by atoms with E-state index in [1.54, 1.807) is 0 Å². The minimum atomic E-state index is -0.402. The molecule has 2 unspecified atom stereocenters. The van der Waals surface area contributed by atoms with Gasteiger partial charge in [0.2, 0.25) is 17.7 Å². The van der Waals surface area contributed by atoms with Crippen molar-refractivity contribution in [2.24, 2.45) is 0 Å². The summed E-state index contributed by atoms with van der Waals surface area (Å²) in [4.78, 5) is 48.5. The Bertz CT molecular complexity index is 1100. The molecular formula is C24H24N2O5S. The average molecular weight is 453 g/mol. The number of likely N-dealkylation sites (tertiary alicyclic amines) is 1. The van der Waals surface area contributed by atoms with Gasteiger partial charge in [-0.3, -0.25) is 24.1 Å². The summed E-state index contributed by atoms with van der Waals surface area (Å²) in [6.07, 6.45) is 0.428.